The number of nitrogens with zero attached hydrogens (tertiary/aromatic N) is 1. The number of amides is 1. The molecular weight excluding hydrogens is 242 g/mol. The summed E-state index contributed by atoms with van der Waals surface area (Å²) in [5, 5.41) is 9.93. The lowest BCUT2D eigenvalue weighted by atomic mass is 9.99. The van der Waals surface area contributed by atoms with Gasteiger partial charge in [0.15, 0.2) is 11.5 Å². The zero-order valence-corrected chi connectivity index (χ0v) is 11.1. The largest absolute Gasteiger partial charge is 0.503 e. The predicted octanol–water partition coefficient (Wildman–Crippen LogP) is 2.52. The molecule has 0 spiro atoms. The molecular formula is C15H17NO3. The first-order valence-corrected chi connectivity index (χ1v) is 6.39. The van der Waals surface area contributed by atoms with Gasteiger partial charge in [-0.1, -0.05) is 25.1 Å². The van der Waals surface area contributed by atoms with E-state index in [0.717, 1.165) is 11.3 Å². The smallest absolute Gasteiger partial charge is 0.293 e. The van der Waals surface area contributed by atoms with Gasteiger partial charge in [-0.25, -0.2) is 0 Å². The van der Waals surface area contributed by atoms with Gasteiger partial charge < -0.3 is 10.0 Å². The highest BCUT2D eigenvalue weighted by atomic mass is 16.3. The number of hydrogen-bond donors (Lipinski definition) is 1. The van der Waals surface area contributed by atoms with Crippen LogP contribution < -0.4 is 4.90 Å². The minimum absolute atomic E-state index is 0.157. The van der Waals surface area contributed by atoms with E-state index < -0.39 is 11.7 Å². The van der Waals surface area contributed by atoms with E-state index in [1.807, 2.05) is 31.2 Å². The van der Waals surface area contributed by atoms with Gasteiger partial charge in [0.2, 0.25) is 0 Å². The van der Waals surface area contributed by atoms with Crippen molar-refractivity contribution >= 4 is 17.4 Å². The summed E-state index contributed by atoms with van der Waals surface area (Å²) < 4.78 is 0. The summed E-state index contributed by atoms with van der Waals surface area (Å²) >= 11 is 0. The van der Waals surface area contributed by atoms with Crippen LogP contribution in [0.5, 0.6) is 0 Å². The van der Waals surface area contributed by atoms with Crippen molar-refractivity contribution in [1.29, 1.82) is 0 Å². The van der Waals surface area contributed by atoms with Crippen LogP contribution in [0.1, 0.15) is 25.3 Å². The number of anilines is 1. The second-order valence-corrected chi connectivity index (χ2v) is 4.60. The molecule has 0 aliphatic carbocycles. The highest BCUT2D eigenvalue weighted by Crippen LogP contribution is 2.27. The fourth-order valence-electron chi connectivity index (χ4n) is 2.28. The molecule has 100 valence electrons. The third-order valence-corrected chi connectivity index (χ3v) is 3.38. The van der Waals surface area contributed by atoms with Gasteiger partial charge in [-0.3, -0.25) is 9.59 Å². The molecule has 1 aromatic rings. The second-order valence-electron chi connectivity index (χ2n) is 4.60. The zero-order chi connectivity index (χ0) is 14.0. The van der Waals surface area contributed by atoms with E-state index in [4.69, 9.17) is 0 Å². The summed E-state index contributed by atoms with van der Waals surface area (Å²) in [6.45, 7) is 4.06. The van der Waals surface area contributed by atoms with Crippen LogP contribution in [0.15, 0.2) is 35.6 Å². The fraction of sp³-hybridized carbons (Fsp3) is 0.333. The van der Waals surface area contributed by atoms with Gasteiger partial charge in [0.1, 0.15) is 0 Å². The van der Waals surface area contributed by atoms with Crippen molar-refractivity contribution in [3.8, 4) is 0 Å². The van der Waals surface area contributed by atoms with Gasteiger partial charge in [-0.15, -0.1) is 0 Å². The molecule has 1 aliphatic rings. The highest BCUT2D eigenvalue weighted by molar-refractivity contribution is 6.11. The number of aryl methyl sites for hydroxylation is 1. The van der Waals surface area contributed by atoms with Gasteiger partial charge in [0, 0.05) is 24.2 Å². The highest BCUT2D eigenvalue weighted by Gasteiger charge is 2.30. The number of Topliss-reactive ketones (excluding diaryl/α,β-unsaturated/α-hetero) is 1. The molecule has 0 aromatic heterocycles. The summed E-state index contributed by atoms with van der Waals surface area (Å²) in [6, 6.07) is 7.50. The predicted molar refractivity (Wildman–Crippen MR) is 73.1 cm³/mol. The van der Waals surface area contributed by atoms with Crippen LogP contribution in [0.25, 0.3) is 0 Å². The third-order valence-electron chi connectivity index (χ3n) is 3.38. The normalized spacial score (nSPS) is 15.9. The first-order valence-electron chi connectivity index (χ1n) is 6.39. The Labute approximate surface area is 112 Å². The summed E-state index contributed by atoms with van der Waals surface area (Å²) in [4.78, 5) is 25.3. The van der Waals surface area contributed by atoms with E-state index in [1.54, 1.807) is 6.92 Å². The molecule has 0 unspecified atom stereocenters. The molecule has 0 radical (unpaired) electrons. The Balaban J connectivity index is 2.36. The van der Waals surface area contributed by atoms with Crippen molar-refractivity contribution in [2.45, 2.75) is 26.7 Å². The molecule has 19 heavy (non-hydrogen) atoms. The number of ketones is 1. The number of para-hydroxylation sites is 1. The molecule has 0 fully saturated rings. The molecule has 1 amide bonds. The summed E-state index contributed by atoms with van der Waals surface area (Å²) in [5.74, 6) is -1.05. The average Bonchev–Trinajstić information content (AvgIpc) is 2.42. The van der Waals surface area contributed by atoms with Gasteiger partial charge in [0.05, 0.1) is 0 Å². The molecule has 1 aliphatic heterocycles. The summed E-state index contributed by atoms with van der Waals surface area (Å²) in [7, 11) is 0. The fourth-order valence-corrected chi connectivity index (χ4v) is 2.28. The second kappa shape index (κ2) is 5.26. The molecule has 1 aromatic carbocycles. The molecule has 1 heterocycles. The van der Waals surface area contributed by atoms with Gasteiger partial charge >= 0.3 is 0 Å². The van der Waals surface area contributed by atoms with Gasteiger partial charge in [-0.05, 0) is 25.0 Å². The maximum Gasteiger partial charge on any atom is 0.293 e. The van der Waals surface area contributed by atoms with Crippen LogP contribution in [0.3, 0.4) is 0 Å². The van der Waals surface area contributed by atoms with Crippen LogP contribution in [-0.4, -0.2) is 23.3 Å². The third kappa shape index (κ3) is 2.38. The van der Waals surface area contributed by atoms with E-state index in [2.05, 4.69) is 0 Å². The van der Waals surface area contributed by atoms with E-state index in [-0.39, 0.29) is 11.4 Å². The van der Waals surface area contributed by atoms with Crippen molar-refractivity contribution in [3.63, 3.8) is 0 Å². The van der Waals surface area contributed by atoms with E-state index in [9.17, 15) is 14.7 Å². The molecule has 4 nitrogen and oxygen atoms in total. The lowest BCUT2D eigenvalue weighted by Gasteiger charge is -2.28. The number of aliphatic hydroxyl groups excluding tert-OH is 1. The number of rotatable bonds is 3. The monoisotopic (exact) mass is 259 g/mol. The minimum Gasteiger partial charge on any atom is -0.503 e. The Hall–Kier alpha value is -2.10. The number of benzene rings is 1. The standard InChI is InChI=1S/C15H17NO3/c1-3-13(17)11-8-9-16(15(19)14(11)18)12-7-5-4-6-10(12)2/h4-7,18H,3,8-9H2,1-2H3. The maximum atomic E-state index is 12.2. The maximum absolute atomic E-state index is 12.2. The van der Waals surface area contributed by atoms with Crippen LogP contribution in [-0.2, 0) is 9.59 Å². The summed E-state index contributed by atoms with van der Waals surface area (Å²) in [6.07, 6.45) is 0.704. The van der Waals surface area contributed by atoms with Crippen molar-refractivity contribution < 1.29 is 14.7 Å². The number of carbonyl (C=O) groups excluding carboxylic acids is 2. The van der Waals surface area contributed by atoms with E-state index in [0.29, 0.717) is 19.4 Å². The Morgan fingerprint density at radius 2 is 2.05 bits per heavy atom. The molecule has 4 heteroatoms. The Bertz CT molecular complexity index is 560. The van der Waals surface area contributed by atoms with Crippen molar-refractivity contribution in [3.05, 3.63) is 41.2 Å². The quantitative estimate of drug-likeness (QED) is 0.907. The Morgan fingerprint density at radius 3 is 2.68 bits per heavy atom. The first-order chi connectivity index (χ1) is 9.06. The van der Waals surface area contributed by atoms with Crippen LogP contribution in [0.4, 0.5) is 5.69 Å². The lowest BCUT2D eigenvalue weighted by molar-refractivity contribution is -0.120. The van der Waals surface area contributed by atoms with Crippen LogP contribution >= 0.6 is 0 Å². The van der Waals surface area contributed by atoms with Gasteiger partial charge in [-0.2, -0.15) is 0 Å². The van der Waals surface area contributed by atoms with Crippen molar-refractivity contribution in [2.75, 3.05) is 11.4 Å². The first kappa shape index (κ1) is 13.3. The molecule has 0 bridgehead atoms. The zero-order valence-electron chi connectivity index (χ0n) is 11.1. The van der Waals surface area contributed by atoms with Crippen molar-refractivity contribution in [2.24, 2.45) is 0 Å². The van der Waals surface area contributed by atoms with Crippen molar-refractivity contribution in [1.82, 2.24) is 0 Å². The van der Waals surface area contributed by atoms with Crippen LogP contribution in [0, 0.1) is 6.92 Å². The Morgan fingerprint density at radius 1 is 1.37 bits per heavy atom. The van der Waals surface area contributed by atoms with Gasteiger partial charge in [0.25, 0.3) is 5.91 Å². The molecule has 0 atom stereocenters. The van der Waals surface area contributed by atoms with E-state index >= 15 is 0 Å². The molecule has 2 rings (SSSR count). The van der Waals surface area contributed by atoms with Crippen LogP contribution in [0.2, 0.25) is 0 Å². The molecule has 0 saturated heterocycles. The number of carbonyl (C=O) groups is 2. The Kier molecular flexibility index (Phi) is 3.69. The number of aliphatic hydroxyl groups is 1. The topological polar surface area (TPSA) is 57.6 Å². The number of hydrogen-bond acceptors (Lipinski definition) is 3. The summed E-state index contributed by atoms with van der Waals surface area (Å²) in [5.41, 5.74) is 2.01. The molecule has 0 saturated carbocycles. The minimum atomic E-state index is -0.489. The SMILES string of the molecule is CCC(=O)C1=C(O)C(=O)N(c2ccccc2C)CC1. The molecule has 1 N–H and O–H groups in total. The average molecular weight is 259 g/mol. The van der Waals surface area contributed by atoms with E-state index in [1.165, 1.54) is 4.90 Å². The lowest BCUT2D eigenvalue weighted by Crippen LogP contribution is -2.39.